The summed E-state index contributed by atoms with van der Waals surface area (Å²) in [7, 11) is 0. The van der Waals surface area contributed by atoms with Crippen molar-refractivity contribution in [3.8, 4) is 0 Å². The van der Waals surface area contributed by atoms with Gasteiger partial charge in [-0.25, -0.2) is 9.59 Å². The first-order valence-electron chi connectivity index (χ1n) is 8.86. The van der Waals surface area contributed by atoms with Crippen molar-refractivity contribution < 1.29 is 19.1 Å². The molecule has 7 nitrogen and oxygen atoms in total. The van der Waals surface area contributed by atoms with Crippen molar-refractivity contribution in [3.63, 3.8) is 0 Å². The van der Waals surface area contributed by atoms with Gasteiger partial charge in [0.15, 0.2) is 6.10 Å². The molecule has 0 aliphatic rings. The van der Waals surface area contributed by atoms with Crippen LogP contribution in [0.15, 0.2) is 60.8 Å². The average molecular weight is 379 g/mol. The highest BCUT2D eigenvalue weighted by Gasteiger charge is 2.27. The zero-order chi connectivity index (χ0) is 20.1. The number of ether oxygens (including phenoxy) is 1. The van der Waals surface area contributed by atoms with Gasteiger partial charge in [-0.05, 0) is 18.6 Å². The highest BCUT2D eigenvalue weighted by atomic mass is 16.5. The molecule has 0 aliphatic carbocycles. The number of esters is 1. The number of nitrogens with two attached hydrogens (primary N) is 1. The first-order valence-corrected chi connectivity index (χ1v) is 8.86. The van der Waals surface area contributed by atoms with Crippen LogP contribution in [-0.2, 0) is 16.0 Å². The summed E-state index contributed by atoms with van der Waals surface area (Å²) >= 11 is 0. The highest BCUT2D eigenvalue weighted by molar-refractivity contribution is 6.10. The molecule has 2 atom stereocenters. The number of carbonyl (C=O) groups excluding carboxylic acids is 3. The number of amides is 2. The summed E-state index contributed by atoms with van der Waals surface area (Å²) in [5.41, 5.74) is 7.28. The largest absolute Gasteiger partial charge is 0.453 e. The maximum atomic E-state index is 12.7. The Balaban J connectivity index is 1.72. The lowest BCUT2D eigenvalue weighted by Gasteiger charge is -2.19. The van der Waals surface area contributed by atoms with Crippen LogP contribution in [0.25, 0.3) is 10.9 Å². The van der Waals surface area contributed by atoms with Gasteiger partial charge in [0.2, 0.25) is 5.78 Å². The second kappa shape index (κ2) is 8.39. The summed E-state index contributed by atoms with van der Waals surface area (Å²) in [6.07, 6.45) is 0.788. The van der Waals surface area contributed by atoms with Crippen LogP contribution < -0.4 is 11.1 Å². The van der Waals surface area contributed by atoms with E-state index in [1.165, 1.54) is 6.92 Å². The molecule has 1 aromatic heterocycles. The number of aromatic amines is 1. The van der Waals surface area contributed by atoms with Gasteiger partial charge in [-0.3, -0.25) is 4.79 Å². The minimum absolute atomic E-state index is 0.205. The number of hydrogen-bond acceptors (Lipinski definition) is 4. The van der Waals surface area contributed by atoms with Crippen molar-refractivity contribution in [3.05, 3.63) is 71.9 Å². The number of hydrogen-bond donors (Lipinski definition) is 3. The zero-order valence-corrected chi connectivity index (χ0v) is 15.3. The van der Waals surface area contributed by atoms with Gasteiger partial charge in [0.05, 0.1) is 0 Å². The fourth-order valence-electron chi connectivity index (χ4n) is 3.02. The van der Waals surface area contributed by atoms with Crippen molar-refractivity contribution in [1.82, 2.24) is 10.3 Å². The average Bonchev–Trinajstić information content (AvgIpc) is 3.11. The minimum atomic E-state index is -1.01. The third kappa shape index (κ3) is 4.37. The smallest absolute Gasteiger partial charge is 0.329 e. The lowest BCUT2D eigenvalue weighted by Crippen LogP contribution is -2.47. The predicted molar refractivity (Wildman–Crippen MR) is 105 cm³/mol. The standard InChI is InChI=1S/C21H21N3O4/c1-13(19(25)16-12-23-17-10-6-5-9-15(16)17)28-20(26)18(24-21(22)27)11-14-7-3-2-4-8-14/h2-10,12-13,18,23H,11H2,1H3,(H3,22,24,27)/t13-,18-/m1/s1. The van der Waals surface area contributed by atoms with Crippen molar-refractivity contribution in [2.75, 3.05) is 0 Å². The lowest BCUT2D eigenvalue weighted by molar-refractivity contribution is -0.148. The molecule has 0 saturated carbocycles. The maximum Gasteiger partial charge on any atom is 0.329 e. The van der Waals surface area contributed by atoms with Gasteiger partial charge >= 0.3 is 12.0 Å². The first-order chi connectivity index (χ1) is 13.5. The Hall–Kier alpha value is -3.61. The molecule has 28 heavy (non-hydrogen) atoms. The number of primary amides is 1. The highest BCUT2D eigenvalue weighted by Crippen LogP contribution is 2.20. The van der Waals surface area contributed by atoms with Crippen LogP contribution >= 0.6 is 0 Å². The molecule has 4 N–H and O–H groups in total. The maximum absolute atomic E-state index is 12.7. The van der Waals surface area contributed by atoms with Crippen molar-refractivity contribution in [1.29, 1.82) is 0 Å². The molecule has 2 amide bonds. The summed E-state index contributed by atoms with van der Waals surface area (Å²) in [4.78, 5) is 39.6. The van der Waals surface area contributed by atoms with E-state index in [0.717, 1.165) is 16.5 Å². The van der Waals surface area contributed by atoms with Crippen LogP contribution in [0.3, 0.4) is 0 Å². The molecule has 3 rings (SSSR count). The molecule has 144 valence electrons. The van der Waals surface area contributed by atoms with E-state index in [-0.39, 0.29) is 12.2 Å². The quantitative estimate of drug-likeness (QED) is 0.432. The summed E-state index contributed by atoms with van der Waals surface area (Å²) in [5.74, 6) is -1.05. The Kier molecular flexibility index (Phi) is 5.74. The predicted octanol–water partition coefficient (Wildman–Crippen LogP) is 2.56. The number of aromatic nitrogens is 1. The van der Waals surface area contributed by atoms with Gasteiger partial charge in [0.25, 0.3) is 0 Å². The zero-order valence-electron chi connectivity index (χ0n) is 15.3. The molecule has 1 heterocycles. The van der Waals surface area contributed by atoms with Crippen LogP contribution in [0.4, 0.5) is 4.79 Å². The third-order valence-corrected chi connectivity index (χ3v) is 4.40. The summed E-state index contributed by atoms with van der Waals surface area (Å²) in [5, 5.41) is 3.14. The van der Waals surface area contributed by atoms with E-state index >= 15 is 0 Å². The summed E-state index contributed by atoms with van der Waals surface area (Å²) in [6.45, 7) is 1.51. The molecule has 0 spiro atoms. The minimum Gasteiger partial charge on any atom is -0.453 e. The Morgan fingerprint density at radius 1 is 1.07 bits per heavy atom. The molecule has 0 bridgehead atoms. The Morgan fingerprint density at radius 2 is 1.75 bits per heavy atom. The Bertz CT molecular complexity index is 997. The fraction of sp³-hybridized carbons (Fsp3) is 0.190. The van der Waals surface area contributed by atoms with Crippen molar-refractivity contribution >= 4 is 28.7 Å². The van der Waals surface area contributed by atoms with E-state index in [1.54, 1.807) is 6.20 Å². The normalized spacial score (nSPS) is 12.9. The number of carbonyl (C=O) groups is 3. The monoisotopic (exact) mass is 379 g/mol. The SMILES string of the molecule is C[C@@H](OC(=O)[C@@H](Cc1ccccc1)NC(N)=O)C(=O)c1c[nH]c2ccccc12. The lowest BCUT2D eigenvalue weighted by atomic mass is 10.0. The fourth-order valence-corrected chi connectivity index (χ4v) is 3.02. The molecule has 0 fully saturated rings. The number of Topliss-reactive ketones (excluding diaryl/α,β-unsaturated/α-hetero) is 1. The van der Waals surface area contributed by atoms with E-state index in [0.29, 0.717) is 5.56 Å². The number of rotatable bonds is 7. The van der Waals surface area contributed by atoms with Gasteiger partial charge in [0, 0.05) is 29.1 Å². The van der Waals surface area contributed by atoms with E-state index in [2.05, 4.69) is 10.3 Å². The van der Waals surface area contributed by atoms with Gasteiger partial charge in [-0.1, -0.05) is 48.5 Å². The van der Waals surface area contributed by atoms with E-state index in [9.17, 15) is 14.4 Å². The van der Waals surface area contributed by atoms with Crippen LogP contribution in [-0.4, -0.2) is 34.9 Å². The second-order valence-corrected chi connectivity index (χ2v) is 6.44. The molecular weight excluding hydrogens is 358 g/mol. The van der Waals surface area contributed by atoms with E-state index < -0.39 is 24.1 Å². The number of nitrogens with one attached hydrogen (secondary N) is 2. The number of fused-ring (bicyclic) bond motifs is 1. The number of urea groups is 1. The third-order valence-electron chi connectivity index (χ3n) is 4.40. The van der Waals surface area contributed by atoms with E-state index in [1.807, 2.05) is 54.6 Å². The van der Waals surface area contributed by atoms with Gasteiger partial charge in [0.1, 0.15) is 6.04 Å². The first kappa shape index (κ1) is 19.2. The Labute approximate surface area is 161 Å². The topological polar surface area (TPSA) is 114 Å². The molecule has 0 unspecified atom stereocenters. The van der Waals surface area contributed by atoms with E-state index in [4.69, 9.17) is 10.5 Å². The van der Waals surface area contributed by atoms with Crippen LogP contribution in [0.5, 0.6) is 0 Å². The molecule has 0 aliphatic heterocycles. The second-order valence-electron chi connectivity index (χ2n) is 6.44. The molecular formula is C21H21N3O4. The number of H-pyrrole nitrogens is 1. The van der Waals surface area contributed by atoms with Crippen LogP contribution in [0.2, 0.25) is 0 Å². The van der Waals surface area contributed by atoms with Gasteiger partial charge in [-0.15, -0.1) is 0 Å². The van der Waals surface area contributed by atoms with Gasteiger partial charge < -0.3 is 20.8 Å². The molecule has 0 radical (unpaired) electrons. The van der Waals surface area contributed by atoms with Crippen molar-refractivity contribution in [2.24, 2.45) is 5.73 Å². The molecule has 7 heteroatoms. The summed E-state index contributed by atoms with van der Waals surface area (Å²) in [6, 6.07) is 14.7. The van der Waals surface area contributed by atoms with Crippen molar-refractivity contribution in [2.45, 2.75) is 25.5 Å². The number of benzene rings is 2. The molecule has 3 aromatic rings. The van der Waals surface area contributed by atoms with Crippen LogP contribution in [0.1, 0.15) is 22.8 Å². The number of para-hydroxylation sites is 1. The number of ketones is 1. The molecule has 0 saturated heterocycles. The Morgan fingerprint density at radius 3 is 2.46 bits per heavy atom. The summed E-state index contributed by atoms with van der Waals surface area (Å²) < 4.78 is 5.35. The van der Waals surface area contributed by atoms with Gasteiger partial charge in [-0.2, -0.15) is 0 Å². The van der Waals surface area contributed by atoms with Crippen LogP contribution in [0, 0.1) is 0 Å². The molecule has 2 aromatic carbocycles.